The number of hydrogen-bond acceptors (Lipinski definition) is 4. The van der Waals surface area contributed by atoms with Crippen LogP contribution >= 0.6 is 0 Å². The third-order valence-corrected chi connectivity index (χ3v) is 3.38. The predicted molar refractivity (Wildman–Crippen MR) is 82.7 cm³/mol. The molecule has 1 heterocycles. The number of nitrogens with one attached hydrogen (secondary N) is 2. The molecule has 2 aromatic carbocycles. The van der Waals surface area contributed by atoms with Crippen LogP contribution < -0.4 is 20.3 Å². The highest BCUT2D eigenvalue weighted by molar-refractivity contribution is 5.86. The van der Waals surface area contributed by atoms with Crippen LogP contribution in [0.15, 0.2) is 48.5 Å². The molecule has 0 spiro atoms. The zero-order valence-corrected chi connectivity index (χ0v) is 12.6. The van der Waals surface area contributed by atoms with Crippen LogP contribution in [0.2, 0.25) is 0 Å². The van der Waals surface area contributed by atoms with Gasteiger partial charge in [0.2, 0.25) is 12.0 Å². The number of rotatable bonds is 3. The van der Waals surface area contributed by atoms with Gasteiger partial charge in [-0.1, -0.05) is 24.3 Å². The number of ether oxygens (including phenoxy) is 2. The van der Waals surface area contributed by atoms with Crippen LogP contribution in [0.3, 0.4) is 0 Å². The summed E-state index contributed by atoms with van der Waals surface area (Å²) in [5.41, 5.74) is 5.06. The van der Waals surface area contributed by atoms with Gasteiger partial charge in [0.1, 0.15) is 12.4 Å². The Balaban J connectivity index is 1.50. The van der Waals surface area contributed by atoms with E-state index in [0.717, 1.165) is 0 Å². The highest BCUT2D eigenvalue weighted by Crippen LogP contribution is 2.30. The molecule has 6 nitrogen and oxygen atoms in total. The molecule has 0 aromatic heterocycles. The Kier molecular flexibility index (Phi) is 4.60. The van der Waals surface area contributed by atoms with Crippen molar-refractivity contribution in [3.8, 4) is 11.5 Å². The van der Waals surface area contributed by atoms with Gasteiger partial charge in [-0.05, 0) is 29.8 Å². The SMILES string of the molecule is O=C(Cc1cccc(F)c1)NNC(=O)C1COc2ccccc2O1. The first-order valence-electron chi connectivity index (χ1n) is 7.33. The fraction of sp³-hybridized carbons (Fsp3) is 0.176. The second-order valence-electron chi connectivity index (χ2n) is 5.21. The Morgan fingerprint density at radius 1 is 1.08 bits per heavy atom. The van der Waals surface area contributed by atoms with Gasteiger partial charge in [-0.15, -0.1) is 0 Å². The van der Waals surface area contributed by atoms with Gasteiger partial charge >= 0.3 is 0 Å². The van der Waals surface area contributed by atoms with E-state index in [9.17, 15) is 14.0 Å². The molecule has 0 saturated heterocycles. The van der Waals surface area contributed by atoms with Gasteiger partial charge in [-0.3, -0.25) is 20.4 Å². The number of hydrazine groups is 1. The molecule has 1 aliphatic rings. The number of benzene rings is 2. The number of amides is 2. The first-order chi connectivity index (χ1) is 11.6. The minimum atomic E-state index is -0.866. The van der Waals surface area contributed by atoms with E-state index < -0.39 is 23.7 Å². The molecule has 3 rings (SSSR count). The predicted octanol–water partition coefficient (Wildman–Crippen LogP) is 1.36. The molecular weight excluding hydrogens is 315 g/mol. The van der Waals surface area contributed by atoms with Crippen LogP contribution in [0.5, 0.6) is 11.5 Å². The molecule has 0 bridgehead atoms. The maximum atomic E-state index is 13.1. The molecule has 1 aliphatic heterocycles. The normalized spacial score (nSPS) is 15.5. The van der Waals surface area contributed by atoms with Crippen molar-refractivity contribution in [2.45, 2.75) is 12.5 Å². The number of hydrogen-bond donors (Lipinski definition) is 2. The fourth-order valence-electron chi connectivity index (χ4n) is 2.24. The van der Waals surface area contributed by atoms with E-state index >= 15 is 0 Å². The summed E-state index contributed by atoms with van der Waals surface area (Å²) in [5.74, 6) is -0.384. The van der Waals surface area contributed by atoms with Crippen LogP contribution in [0, 0.1) is 5.82 Å². The number of halogens is 1. The average Bonchev–Trinajstić information content (AvgIpc) is 2.59. The second kappa shape index (κ2) is 6.99. The average molecular weight is 330 g/mol. The number of para-hydroxylation sites is 2. The van der Waals surface area contributed by atoms with Crippen LogP contribution in [0.25, 0.3) is 0 Å². The van der Waals surface area contributed by atoms with Crippen LogP contribution in [0.1, 0.15) is 5.56 Å². The number of carbonyl (C=O) groups is 2. The standard InChI is InChI=1S/C17H15FN2O4/c18-12-5-3-4-11(8-12)9-16(21)19-20-17(22)15-10-23-13-6-1-2-7-14(13)24-15/h1-8,15H,9-10H2,(H,19,21)(H,20,22). The van der Waals surface area contributed by atoms with Crippen molar-refractivity contribution < 1.29 is 23.5 Å². The quantitative estimate of drug-likeness (QED) is 0.833. The van der Waals surface area contributed by atoms with Gasteiger partial charge in [0.05, 0.1) is 6.42 Å². The minimum Gasteiger partial charge on any atom is -0.485 e. The molecule has 124 valence electrons. The molecule has 7 heteroatoms. The van der Waals surface area contributed by atoms with Gasteiger partial charge in [0.15, 0.2) is 11.5 Å². The van der Waals surface area contributed by atoms with E-state index in [2.05, 4.69) is 10.9 Å². The smallest absolute Gasteiger partial charge is 0.283 e. The van der Waals surface area contributed by atoms with Crippen LogP contribution in [-0.4, -0.2) is 24.5 Å². The molecule has 2 N–H and O–H groups in total. The molecule has 0 fully saturated rings. The molecular formula is C17H15FN2O4. The first kappa shape index (κ1) is 15.8. The summed E-state index contributed by atoms with van der Waals surface area (Å²) >= 11 is 0. The maximum Gasteiger partial charge on any atom is 0.283 e. The first-order valence-corrected chi connectivity index (χ1v) is 7.33. The Labute approximate surface area is 137 Å². The molecule has 1 unspecified atom stereocenters. The lowest BCUT2D eigenvalue weighted by molar-refractivity contribution is -0.134. The summed E-state index contributed by atoms with van der Waals surface area (Å²) in [6.07, 6.45) is -0.919. The third kappa shape index (κ3) is 3.81. The molecule has 2 amide bonds. The third-order valence-electron chi connectivity index (χ3n) is 3.38. The molecule has 24 heavy (non-hydrogen) atoms. The Morgan fingerprint density at radius 2 is 1.88 bits per heavy atom. The lowest BCUT2D eigenvalue weighted by atomic mass is 10.1. The van der Waals surface area contributed by atoms with Crippen LogP contribution in [-0.2, 0) is 16.0 Å². The molecule has 1 atom stereocenters. The van der Waals surface area contributed by atoms with E-state index in [1.54, 1.807) is 30.3 Å². The maximum absolute atomic E-state index is 13.1. The van der Waals surface area contributed by atoms with Crippen molar-refractivity contribution in [2.75, 3.05) is 6.61 Å². The van der Waals surface area contributed by atoms with E-state index in [-0.39, 0.29) is 13.0 Å². The van der Waals surface area contributed by atoms with E-state index in [0.29, 0.717) is 17.1 Å². The second-order valence-corrected chi connectivity index (χ2v) is 5.21. The summed E-state index contributed by atoms with van der Waals surface area (Å²) in [5, 5.41) is 0. The highest BCUT2D eigenvalue weighted by atomic mass is 19.1. The van der Waals surface area contributed by atoms with Crippen molar-refractivity contribution in [1.29, 1.82) is 0 Å². The van der Waals surface area contributed by atoms with Crippen molar-refractivity contribution in [1.82, 2.24) is 10.9 Å². The summed E-state index contributed by atoms with van der Waals surface area (Å²) in [7, 11) is 0. The summed E-state index contributed by atoms with van der Waals surface area (Å²) < 4.78 is 24.0. The largest absolute Gasteiger partial charge is 0.485 e. The molecule has 0 saturated carbocycles. The summed E-state index contributed by atoms with van der Waals surface area (Å²) in [6.45, 7) is 0.0443. The molecule has 2 aromatic rings. The van der Waals surface area contributed by atoms with Gasteiger partial charge in [-0.2, -0.15) is 0 Å². The topological polar surface area (TPSA) is 76.7 Å². The van der Waals surface area contributed by atoms with Gasteiger partial charge in [0.25, 0.3) is 5.91 Å². The molecule has 0 radical (unpaired) electrons. The minimum absolute atomic E-state index is 0.0443. The van der Waals surface area contributed by atoms with Crippen molar-refractivity contribution in [3.05, 3.63) is 59.9 Å². The van der Waals surface area contributed by atoms with Gasteiger partial charge in [0, 0.05) is 0 Å². The van der Waals surface area contributed by atoms with E-state index in [1.807, 2.05) is 0 Å². The lowest BCUT2D eigenvalue weighted by Gasteiger charge is -2.25. The molecule has 0 aliphatic carbocycles. The zero-order chi connectivity index (χ0) is 16.9. The monoisotopic (exact) mass is 330 g/mol. The van der Waals surface area contributed by atoms with Gasteiger partial charge in [-0.25, -0.2) is 4.39 Å². The fourth-order valence-corrected chi connectivity index (χ4v) is 2.24. The lowest BCUT2D eigenvalue weighted by Crippen LogP contribution is -2.51. The van der Waals surface area contributed by atoms with Gasteiger partial charge < -0.3 is 9.47 Å². The Hall–Kier alpha value is -3.09. The summed E-state index contributed by atoms with van der Waals surface area (Å²) in [6, 6.07) is 12.7. The van der Waals surface area contributed by atoms with Crippen molar-refractivity contribution in [2.24, 2.45) is 0 Å². The van der Waals surface area contributed by atoms with Crippen molar-refractivity contribution >= 4 is 11.8 Å². The Morgan fingerprint density at radius 3 is 2.67 bits per heavy atom. The zero-order valence-electron chi connectivity index (χ0n) is 12.6. The van der Waals surface area contributed by atoms with E-state index in [1.165, 1.54) is 18.2 Å². The summed E-state index contributed by atoms with van der Waals surface area (Å²) in [4.78, 5) is 23.8. The highest BCUT2D eigenvalue weighted by Gasteiger charge is 2.27. The Bertz CT molecular complexity index is 766. The number of fused-ring (bicyclic) bond motifs is 1. The number of carbonyl (C=O) groups excluding carboxylic acids is 2. The van der Waals surface area contributed by atoms with E-state index in [4.69, 9.17) is 9.47 Å². The van der Waals surface area contributed by atoms with Crippen molar-refractivity contribution in [3.63, 3.8) is 0 Å². The van der Waals surface area contributed by atoms with Crippen LogP contribution in [0.4, 0.5) is 4.39 Å².